The van der Waals surface area contributed by atoms with Gasteiger partial charge in [-0.2, -0.15) is 0 Å². The first-order valence-corrected chi connectivity index (χ1v) is 5.12. The standard InChI is InChI=1S/C11H13F4NO/c1-3-16-7(2)9-6-8(4-5-10(9)12)17-11(13,14)15/h4-7,16H,3H2,1-2H3/t7-/m0/s1. The van der Waals surface area contributed by atoms with E-state index in [1.807, 2.05) is 6.92 Å². The summed E-state index contributed by atoms with van der Waals surface area (Å²) >= 11 is 0. The molecular formula is C11H13F4NO. The number of rotatable bonds is 4. The molecule has 0 aliphatic rings. The van der Waals surface area contributed by atoms with Crippen molar-refractivity contribution in [1.82, 2.24) is 5.32 Å². The minimum absolute atomic E-state index is 0.147. The van der Waals surface area contributed by atoms with Crippen LogP contribution in [0.3, 0.4) is 0 Å². The fourth-order valence-corrected chi connectivity index (χ4v) is 1.47. The number of ether oxygens (including phenoxy) is 1. The minimum Gasteiger partial charge on any atom is -0.406 e. The van der Waals surface area contributed by atoms with Crippen LogP contribution in [0, 0.1) is 5.82 Å². The van der Waals surface area contributed by atoms with Crippen molar-refractivity contribution < 1.29 is 22.3 Å². The summed E-state index contributed by atoms with van der Waals surface area (Å²) in [5.74, 6) is -0.980. The van der Waals surface area contributed by atoms with E-state index in [0.29, 0.717) is 6.54 Å². The summed E-state index contributed by atoms with van der Waals surface area (Å²) in [5, 5.41) is 2.92. The van der Waals surface area contributed by atoms with Crippen LogP contribution >= 0.6 is 0 Å². The van der Waals surface area contributed by atoms with Crippen molar-refractivity contribution in [1.29, 1.82) is 0 Å². The van der Waals surface area contributed by atoms with Crippen LogP contribution in [-0.4, -0.2) is 12.9 Å². The molecule has 0 aromatic heterocycles. The maximum Gasteiger partial charge on any atom is 0.573 e. The van der Waals surface area contributed by atoms with Gasteiger partial charge in [-0.1, -0.05) is 6.92 Å². The number of alkyl halides is 3. The van der Waals surface area contributed by atoms with Gasteiger partial charge in [0, 0.05) is 11.6 Å². The van der Waals surface area contributed by atoms with Gasteiger partial charge < -0.3 is 10.1 Å². The molecule has 0 spiro atoms. The van der Waals surface area contributed by atoms with E-state index < -0.39 is 17.9 Å². The molecule has 1 aromatic rings. The molecule has 1 N–H and O–H groups in total. The van der Waals surface area contributed by atoms with E-state index in [1.165, 1.54) is 0 Å². The van der Waals surface area contributed by atoms with Crippen molar-refractivity contribution in [2.45, 2.75) is 26.3 Å². The lowest BCUT2D eigenvalue weighted by Gasteiger charge is -2.15. The summed E-state index contributed by atoms with van der Waals surface area (Å²) in [4.78, 5) is 0. The Kier molecular flexibility index (Phi) is 4.34. The quantitative estimate of drug-likeness (QED) is 0.828. The van der Waals surface area contributed by atoms with Crippen molar-refractivity contribution in [3.8, 4) is 5.75 Å². The molecule has 0 amide bonds. The third-order valence-electron chi connectivity index (χ3n) is 2.18. The van der Waals surface area contributed by atoms with E-state index in [-0.39, 0.29) is 11.6 Å². The number of hydrogen-bond acceptors (Lipinski definition) is 2. The highest BCUT2D eigenvalue weighted by Gasteiger charge is 2.31. The highest BCUT2D eigenvalue weighted by atomic mass is 19.4. The minimum atomic E-state index is -4.77. The lowest BCUT2D eigenvalue weighted by molar-refractivity contribution is -0.274. The number of benzene rings is 1. The smallest absolute Gasteiger partial charge is 0.406 e. The molecule has 0 saturated heterocycles. The normalized spacial score (nSPS) is 13.5. The van der Waals surface area contributed by atoms with Gasteiger partial charge in [0.1, 0.15) is 11.6 Å². The van der Waals surface area contributed by atoms with Crippen LogP contribution in [-0.2, 0) is 0 Å². The van der Waals surface area contributed by atoms with E-state index >= 15 is 0 Å². The van der Waals surface area contributed by atoms with E-state index in [9.17, 15) is 17.6 Å². The first-order chi connectivity index (χ1) is 7.83. The second-order valence-corrected chi connectivity index (χ2v) is 3.51. The molecule has 17 heavy (non-hydrogen) atoms. The zero-order chi connectivity index (χ0) is 13.1. The second-order valence-electron chi connectivity index (χ2n) is 3.51. The molecule has 1 rings (SSSR count). The Morgan fingerprint density at radius 1 is 1.35 bits per heavy atom. The topological polar surface area (TPSA) is 21.3 Å². The molecule has 0 radical (unpaired) electrons. The Morgan fingerprint density at radius 3 is 2.53 bits per heavy atom. The summed E-state index contributed by atoms with van der Waals surface area (Å²) in [6, 6.07) is 2.59. The fraction of sp³-hybridized carbons (Fsp3) is 0.455. The maximum atomic E-state index is 13.4. The summed E-state index contributed by atoms with van der Waals surface area (Å²) in [7, 11) is 0. The van der Waals surface area contributed by atoms with Gasteiger partial charge in [0.25, 0.3) is 0 Å². The zero-order valence-corrected chi connectivity index (χ0v) is 9.44. The molecule has 0 saturated carbocycles. The monoisotopic (exact) mass is 251 g/mol. The average Bonchev–Trinajstić information content (AvgIpc) is 2.19. The number of nitrogens with one attached hydrogen (secondary N) is 1. The Balaban J connectivity index is 2.94. The maximum absolute atomic E-state index is 13.4. The van der Waals surface area contributed by atoms with Gasteiger partial charge in [0.15, 0.2) is 0 Å². The van der Waals surface area contributed by atoms with Crippen LogP contribution in [0.25, 0.3) is 0 Å². The van der Waals surface area contributed by atoms with Gasteiger partial charge in [0.05, 0.1) is 0 Å². The molecule has 96 valence electrons. The molecule has 0 fully saturated rings. The Labute approximate surface area is 96.6 Å². The molecule has 0 unspecified atom stereocenters. The van der Waals surface area contributed by atoms with Gasteiger partial charge >= 0.3 is 6.36 Å². The molecule has 1 atom stereocenters. The Hall–Kier alpha value is -1.30. The summed E-state index contributed by atoms with van der Waals surface area (Å²) in [6.45, 7) is 4.08. The molecule has 0 bridgehead atoms. The van der Waals surface area contributed by atoms with Crippen LogP contribution in [0.2, 0.25) is 0 Å². The van der Waals surface area contributed by atoms with Crippen molar-refractivity contribution in [2.75, 3.05) is 6.54 Å². The largest absolute Gasteiger partial charge is 0.573 e. The summed E-state index contributed by atoms with van der Waals surface area (Å²) in [5.41, 5.74) is 0.147. The lowest BCUT2D eigenvalue weighted by Crippen LogP contribution is -2.20. The Bertz CT molecular complexity index is 378. The first kappa shape index (κ1) is 13.8. The molecule has 0 aliphatic heterocycles. The molecular weight excluding hydrogens is 238 g/mol. The zero-order valence-electron chi connectivity index (χ0n) is 9.44. The third-order valence-corrected chi connectivity index (χ3v) is 2.18. The Morgan fingerprint density at radius 2 is 2.00 bits per heavy atom. The van der Waals surface area contributed by atoms with Crippen molar-refractivity contribution >= 4 is 0 Å². The third kappa shape index (κ3) is 4.22. The lowest BCUT2D eigenvalue weighted by atomic mass is 10.1. The highest BCUT2D eigenvalue weighted by Crippen LogP contribution is 2.27. The SMILES string of the molecule is CCN[C@@H](C)c1cc(OC(F)(F)F)ccc1F. The summed E-state index contributed by atoms with van der Waals surface area (Å²) < 4.78 is 53.1. The van der Waals surface area contributed by atoms with Crippen molar-refractivity contribution in [2.24, 2.45) is 0 Å². The van der Waals surface area contributed by atoms with E-state index in [4.69, 9.17) is 0 Å². The highest BCUT2D eigenvalue weighted by molar-refractivity contribution is 5.31. The molecule has 6 heteroatoms. The predicted molar refractivity (Wildman–Crippen MR) is 55.2 cm³/mol. The molecule has 2 nitrogen and oxygen atoms in total. The van der Waals surface area contributed by atoms with Crippen LogP contribution in [0.5, 0.6) is 5.75 Å². The van der Waals surface area contributed by atoms with Gasteiger partial charge in [0.2, 0.25) is 0 Å². The van der Waals surface area contributed by atoms with E-state index in [1.54, 1.807) is 6.92 Å². The molecule has 0 aliphatic carbocycles. The second kappa shape index (κ2) is 5.35. The van der Waals surface area contributed by atoms with Crippen LogP contribution < -0.4 is 10.1 Å². The van der Waals surface area contributed by atoms with Crippen LogP contribution in [0.4, 0.5) is 17.6 Å². The van der Waals surface area contributed by atoms with Gasteiger partial charge in [-0.25, -0.2) is 4.39 Å². The number of hydrogen-bond donors (Lipinski definition) is 1. The molecule has 0 heterocycles. The van der Waals surface area contributed by atoms with Crippen molar-refractivity contribution in [3.63, 3.8) is 0 Å². The van der Waals surface area contributed by atoms with E-state index in [0.717, 1.165) is 18.2 Å². The average molecular weight is 251 g/mol. The fourth-order valence-electron chi connectivity index (χ4n) is 1.47. The van der Waals surface area contributed by atoms with Crippen molar-refractivity contribution in [3.05, 3.63) is 29.6 Å². The van der Waals surface area contributed by atoms with Crippen LogP contribution in [0.15, 0.2) is 18.2 Å². The predicted octanol–water partition coefficient (Wildman–Crippen LogP) is 3.39. The van der Waals surface area contributed by atoms with Gasteiger partial charge in [-0.15, -0.1) is 13.2 Å². The van der Waals surface area contributed by atoms with Gasteiger partial charge in [-0.05, 0) is 31.7 Å². The first-order valence-electron chi connectivity index (χ1n) is 5.12. The number of halogens is 4. The molecule has 1 aromatic carbocycles. The summed E-state index contributed by atoms with van der Waals surface area (Å²) in [6.07, 6.45) is -4.77. The van der Waals surface area contributed by atoms with Crippen LogP contribution in [0.1, 0.15) is 25.5 Å². The van der Waals surface area contributed by atoms with Gasteiger partial charge in [-0.3, -0.25) is 0 Å². The van der Waals surface area contributed by atoms with E-state index in [2.05, 4.69) is 10.1 Å².